The first-order valence-corrected chi connectivity index (χ1v) is 10.9. The summed E-state index contributed by atoms with van der Waals surface area (Å²) in [6, 6.07) is 7.26. The Morgan fingerprint density at radius 1 is 1.00 bits per heavy atom. The predicted octanol–water partition coefficient (Wildman–Crippen LogP) is 1.20. The maximum atomic E-state index is 13.3. The minimum atomic E-state index is -0.257. The number of aliphatic hydroxyl groups excluding tert-OH is 1. The van der Waals surface area contributed by atoms with E-state index in [2.05, 4.69) is 4.90 Å². The summed E-state index contributed by atoms with van der Waals surface area (Å²) in [5, 5.41) is 9.19. The molecule has 0 bridgehead atoms. The van der Waals surface area contributed by atoms with Crippen molar-refractivity contribution in [2.75, 3.05) is 59.6 Å². The van der Waals surface area contributed by atoms with Crippen molar-refractivity contribution in [2.45, 2.75) is 26.4 Å². The second-order valence-electron chi connectivity index (χ2n) is 8.04. The van der Waals surface area contributed by atoms with Crippen molar-refractivity contribution in [3.05, 3.63) is 35.5 Å². The highest BCUT2D eigenvalue weighted by Gasteiger charge is 2.41. The number of amides is 2. The molecule has 0 aromatic heterocycles. The van der Waals surface area contributed by atoms with E-state index in [4.69, 9.17) is 9.47 Å². The molecule has 0 atom stereocenters. The number of carbonyl (C=O) groups is 2. The van der Waals surface area contributed by atoms with Gasteiger partial charge in [-0.05, 0) is 38.0 Å². The fraction of sp³-hybridized carbons (Fsp3) is 0.565. The zero-order valence-corrected chi connectivity index (χ0v) is 18.7. The number of rotatable bonds is 10. The van der Waals surface area contributed by atoms with Crippen molar-refractivity contribution >= 4 is 17.4 Å². The van der Waals surface area contributed by atoms with Crippen LogP contribution in [0.25, 0.3) is 5.57 Å². The molecule has 1 aromatic carbocycles. The van der Waals surface area contributed by atoms with Crippen LogP contribution in [0, 0.1) is 0 Å². The fourth-order valence-electron chi connectivity index (χ4n) is 3.96. The van der Waals surface area contributed by atoms with Crippen LogP contribution in [0.2, 0.25) is 0 Å². The van der Waals surface area contributed by atoms with Gasteiger partial charge in [0, 0.05) is 45.9 Å². The van der Waals surface area contributed by atoms with Crippen molar-refractivity contribution in [3.8, 4) is 5.75 Å². The summed E-state index contributed by atoms with van der Waals surface area (Å²) in [7, 11) is 1.59. The van der Waals surface area contributed by atoms with Gasteiger partial charge in [0.15, 0.2) is 0 Å². The number of β-amino-alcohol motifs (C(OH)–C–C–N with tert-alkyl or cyclic N) is 1. The van der Waals surface area contributed by atoms with Gasteiger partial charge in [0.1, 0.15) is 11.4 Å². The van der Waals surface area contributed by atoms with E-state index < -0.39 is 0 Å². The van der Waals surface area contributed by atoms with Crippen LogP contribution in [0.1, 0.15) is 25.8 Å². The van der Waals surface area contributed by atoms with Crippen LogP contribution in [0.3, 0.4) is 0 Å². The number of hydrogen-bond acceptors (Lipinski definition) is 7. The Kier molecular flexibility index (Phi) is 8.06. The molecule has 0 radical (unpaired) electrons. The van der Waals surface area contributed by atoms with Gasteiger partial charge in [-0.2, -0.15) is 0 Å². The molecule has 2 aliphatic rings. The van der Waals surface area contributed by atoms with E-state index in [1.165, 1.54) is 4.90 Å². The number of hydrogen-bond donors (Lipinski definition) is 1. The summed E-state index contributed by atoms with van der Waals surface area (Å²) in [5.74, 6) is 0.200. The van der Waals surface area contributed by atoms with Crippen LogP contribution in [-0.4, -0.2) is 97.3 Å². The molecule has 2 aliphatic heterocycles. The Balaban J connectivity index is 1.84. The quantitative estimate of drug-likeness (QED) is 0.440. The number of benzene rings is 1. The van der Waals surface area contributed by atoms with Crippen molar-refractivity contribution in [3.63, 3.8) is 0 Å². The minimum Gasteiger partial charge on any atom is -0.497 e. The van der Waals surface area contributed by atoms with E-state index in [-0.39, 0.29) is 24.5 Å². The number of carbonyl (C=O) groups excluding carboxylic acids is 2. The van der Waals surface area contributed by atoms with E-state index in [0.717, 1.165) is 13.1 Å². The molecule has 0 unspecified atom stereocenters. The first-order chi connectivity index (χ1) is 15.0. The second-order valence-corrected chi connectivity index (χ2v) is 8.04. The van der Waals surface area contributed by atoms with Gasteiger partial charge in [0.25, 0.3) is 11.8 Å². The van der Waals surface area contributed by atoms with Gasteiger partial charge in [-0.1, -0.05) is 12.1 Å². The summed E-state index contributed by atoms with van der Waals surface area (Å²) < 4.78 is 10.8. The van der Waals surface area contributed by atoms with E-state index in [9.17, 15) is 14.7 Å². The Morgan fingerprint density at radius 2 is 1.68 bits per heavy atom. The lowest BCUT2D eigenvalue weighted by Gasteiger charge is -2.36. The zero-order valence-electron chi connectivity index (χ0n) is 18.7. The molecule has 8 heteroatoms. The standard InChI is InChI=1S/C23H33N3O5/c1-17(2)31-16-4-9-26-22(28)20(18-5-7-19(30-3)8-6-18)21(23(26)29)25-12-10-24(11-13-25)14-15-27/h5-8,17,27H,4,9-16H2,1-3H3. The Morgan fingerprint density at radius 3 is 2.26 bits per heavy atom. The van der Waals surface area contributed by atoms with Gasteiger partial charge < -0.3 is 19.5 Å². The van der Waals surface area contributed by atoms with Crippen LogP contribution in [0.5, 0.6) is 5.75 Å². The van der Waals surface area contributed by atoms with Crippen molar-refractivity contribution < 1.29 is 24.2 Å². The topological polar surface area (TPSA) is 82.6 Å². The van der Waals surface area contributed by atoms with Crippen LogP contribution in [-0.2, 0) is 14.3 Å². The molecule has 1 aromatic rings. The van der Waals surface area contributed by atoms with Crippen LogP contribution in [0.4, 0.5) is 0 Å². The van der Waals surface area contributed by atoms with Gasteiger partial charge in [0.2, 0.25) is 0 Å². The maximum absolute atomic E-state index is 13.3. The summed E-state index contributed by atoms with van der Waals surface area (Å²) >= 11 is 0. The SMILES string of the molecule is COc1ccc(C2=C(N3CCN(CCO)CC3)C(=O)N(CCCOC(C)C)C2=O)cc1. The number of piperazine rings is 1. The van der Waals surface area contributed by atoms with E-state index in [1.807, 2.05) is 30.9 Å². The molecule has 0 saturated carbocycles. The lowest BCUT2D eigenvalue weighted by Crippen LogP contribution is -2.48. The molecule has 1 saturated heterocycles. The van der Waals surface area contributed by atoms with E-state index in [1.54, 1.807) is 19.2 Å². The Labute approximate surface area is 184 Å². The van der Waals surface area contributed by atoms with Gasteiger partial charge >= 0.3 is 0 Å². The molecule has 1 fully saturated rings. The molecule has 0 spiro atoms. The number of nitrogens with zero attached hydrogens (tertiary/aromatic N) is 3. The minimum absolute atomic E-state index is 0.115. The molecule has 2 heterocycles. The smallest absolute Gasteiger partial charge is 0.277 e. The number of ether oxygens (including phenoxy) is 2. The van der Waals surface area contributed by atoms with Gasteiger partial charge in [-0.25, -0.2) is 0 Å². The monoisotopic (exact) mass is 431 g/mol. The van der Waals surface area contributed by atoms with E-state index in [0.29, 0.717) is 61.8 Å². The van der Waals surface area contributed by atoms with Crippen LogP contribution < -0.4 is 4.74 Å². The summed E-state index contributed by atoms with van der Waals surface area (Å²) in [5.41, 5.74) is 1.64. The Bertz CT molecular complexity index is 798. The van der Waals surface area contributed by atoms with Crippen LogP contribution in [0.15, 0.2) is 30.0 Å². The lowest BCUT2D eigenvalue weighted by atomic mass is 10.0. The molecule has 170 valence electrons. The highest BCUT2D eigenvalue weighted by Crippen LogP contribution is 2.33. The van der Waals surface area contributed by atoms with Gasteiger partial charge in [0.05, 0.1) is 25.4 Å². The van der Waals surface area contributed by atoms with Crippen molar-refractivity contribution in [1.29, 1.82) is 0 Å². The molecule has 2 amide bonds. The number of aliphatic hydroxyl groups is 1. The van der Waals surface area contributed by atoms with Gasteiger partial charge in [-0.3, -0.25) is 19.4 Å². The second kappa shape index (κ2) is 10.7. The van der Waals surface area contributed by atoms with E-state index >= 15 is 0 Å². The number of methoxy groups -OCH3 is 1. The molecule has 3 rings (SSSR count). The van der Waals surface area contributed by atoms with Crippen LogP contribution >= 0.6 is 0 Å². The summed E-state index contributed by atoms with van der Waals surface area (Å²) in [6.45, 7) is 8.24. The normalized spacial score (nSPS) is 18.0. The lowest BCUT2D eigenvalue weighted by molar-refractivity contribution is -0.137. The average Bonchev–Trinajstić information content (AvgIpc) is 3.02. The largest absolute Gasteiger partial charge is 0.497 e. The molecule has 1 N–H and O–H groups in total. The highest BCUT2D eigenvalue weighted by molar-refractivity contribution is 6.35. The fourth-order valence-corrected chi connectivity index (χ4v) is 3.96. The zero-order chi connectivity index (χ0) is 22.4. The summed E-state index contributed by atoms with van der Waals surface area (Å²) in [4.78, 5) is 32.2. The third-order valence-electron chi connectivity index (χ3n) is 5.60. The van der Waals surface area contributed by atoms with Gasteiger partial charge in [-0.15, -0.1) is 0 Å². The Hall–Kier alpha value is -2.42. The third-order valence-corrected chi connectivity index (χ3v) is 5.60. The third kappa shape index (κ3) is 5.44. The number of imide groups is 1. The van der Waals surface area contributed by atoms with Crippen molar-refractivity contribution in [2.24, 2.45) is 0 Å². The molecule has 31 heavy (non-hydrogen) atoms. The molecular formula is C23H33N3O5. The first-order valence-electron chi connectivity index (χ1n) is 10.9. The molecular weight excluding hydrogens is 398 g/mol. The molecule has 0 aliphatic carbocycles. The summed E-state index contributed by atoms with van der Waals surface area (Å²) in [6.07, 6.45) is 0.715. The highest BCUT2D eigenvalue weighted by atomic mass is 16.5. The first kappa shape index (κ1) is 23.2. The average molecular weight is 432 g/mol. The maximum Gasteiger partial charge on any atom is 0.277 e. The van der Waals surface area contributed by atoms with Crippen molar-refractivity contribution in [1.82, 2.24) is 14.7 Å². The molecule has 8 nitrogen and oxygen atoms in total. The predicted molar refractivity (Wildman–Crippen MR) is 117 cm³/mol.